The molecule has 0 saturated heterocycles. The van der Waals surface area contributed by atoms with Crippen molar-refractivity contribution >= 4 is 0 Å². The molecule has 0 fully saturated rings. The van der Waals surface area contributed by atoms with E-state index in [1.807, 2.05) is 55.5 Å². The molecular weight excluding hydrogens is 284 g/mol. The first-order valence-corrected chi connectivity index (χ1v) is 7.96. The third-order valence-electron chi connectivity index (χ3n) is 4.10. The van der Waals surface area contributed by atoms with Gasteiger partial charge in [-0.1, -0.05) is 55.8 Å². The molecular formula is C20H22N2O. The standard InChI is InChI=1S/C20H22N2O/c1-13(2)19-18(16-10-8-14(3)9-11-16)20(23)22(21-19)17-7-5-6-15(4)12-17/h5-13,21H,1-4H3. The third kappa shape index (κ3) is 2.87. The van der Waals surface area contributed by atoms with Crippen LogP contribution in [0, 0.1) is 13.8 Å². The lowest BCUT2D eigenvalue weighted by molar-refractivity contribution is 0.760. The fraction of sp³-hybridized carbons (Fsp3) is 0.250. The molecule has 3 aromatic rings. The van der Waals surface area contributed by atoms with Crippen molar-refractivity contribution in [3.05, 3.63) is 75.7 Å². The van der Waals surface area contributed by atoms with Crippen LogP contribution in [0.1, 0.15) is 36.6 Å². The van der Waals surface area contributed by atoms with Gasteiger partial charge in [-0.15, -0.1) is 0 Å². The second-order valence-electron chi connectivity index (χ2n) is 6.40. The van der Waals surface area contributed by atoms with E-state index in [-0.39, 0.29) is 11.5 Å². The summed E-state index contributed by atoms with van der Waals surface area (Å²) < 4.78 is 1.65. The fourth-order valence-electron chi connectivity index (χ4n) is 2.82. The second-order valence-corrected chi connectivity index (χ2v) is 6.40. The highest BCUT2D eigenvalue weighted by Gasteiger charge is 2.19. The number of aromatic nitrogens is 2. The predicted molar refractivity (Wildman–Crippen MR) is 95.4 cm³/mol. The molecule has 0 bridgehead atoms. The van der Waals surface area contributed by atoms with Crippen molar-refractivity contribution in [1.29, 1.82) is 0 Å². The first-order valence-electron chi connectivity index (χ1n) is 7.96. The molecule has 1 N–H and O–H groups in total. The zero-order valence-corrected chi connectivity index (χ0v) is 14.1. The summed E-state index contributed by atoms with van der Waals surface area (Å²) in [6.07, 6.45) is 0. The molecule has 1 heterocycles. The molecule has 0 aliphatic carbocycles. The van der Waals surface area contributed by atoms with E-state index in [9.17, 15) is 4.79 Å². The minimum Gasteiger partial charge on any atom is -0.294 e. The molecule has 3 heteroatoms. The largest absolute Gasteiger partial charge is 0.294 e. The van der Waals surface area contributed by atoms with Crippen LogP contribution < -0.4 is 5.56 Å². The Bertz CT molecular complexity index is 883. The number of nitrogens with zero attached hydrogens (tertiary/aromatic N) is 1. The van der Waals surface area contributed by atoms with Crippen LogP contribution in [0.25, 0.3) is 16.8 Å². The number of aryl methyl sites for hydroxylation is 2. The monoisotopic (exact) mass is 306 g/mol. The van der Waals surface area contributed by atoms with E-state index in [1.165, 1.54) is 5.56 Å². The number of rotatable bonds is 3. The highest BCUT2D eigenvalue weighted by atomic mass is 16.1. The summed E-state index contributed by atoms with van der Waals surface area (Å²) in [7, 11) is 0. The van der Waals surface area contributed by atoms with E-state index in [0.717, 1.165) is 28.1 Å². The molecule has 0 radical (unpaired) electrons. The van der Waals surface area contributed by atoms with Crippen molar-refractivity contribution in [3.8, 4) is 16.8 Å². The quantitative estimate of drug-likeness (QED) is 0.756. The SMILES string of the molecule is Cc1ccc(-c2c(C(C)C)[nH]n(-c3cccc(C)c3)c2=O)cc1. The Morgan fingerprint density at radius 3 is 2.26 bits per heavy atom. The topological polar surface area (TPSA) is 37.8 Å². The highest BCUT2D eigenvalue weighted by molar-refractivity contribution is 5.66. The Labute approximate surface area is 136 Å². The molecule has 0 saturated carbocycles. The van der Waals surface area contributed by atoms with Gasteiger partial charge in [-0.25, -0.2) is 4.68 Å². The smallest absolute Gasteiger partial charge is 0.279 e. The van der Waals surface area contributed by atoms with Gasteiger partial charge in [-0.2, -0.15) is 0 Å². The molecule has 0 unspecified atom stereocenters. The van der Waals surface area contributed by atoms with Crippen molar-refractivity contribution in [2.45, 2.75) is 33.6 Å². The number of nitrogens with one attached hydrogen (secondary N) is 1. The molecule has 0 aliphatic heterocycles. The number of H-pyrrole nitrogens is 1. The number of hydrogen-bond donors (Lipinski definition) is 1. The average Bonchev–Trinajstić information content (AvgIpc) is 2.86. The van der Waals surface area contributed by atoms with E-state index in [2.05, 4.69) is 25.9 Å². The van der Waals surface area contributed by atoms with Gasteiger partial charge < -0.3 is 0 Å². The minimum atomic E-state index is 0.00292. The molecule has 118 valence electrons. The Morgan fingerprint density at radius 1 is 0.957 bits per heavy atom. The number of aromatic amines is 1. The van der Waals surface area contributed by atoms with Crippen LogP contribution in [0.15, 0.2) is 53.3 Å². The van der Waals surface area contributed by atoms with E-state index in [0.29, 0.717) is 0 Å². The van der Waals surface area contributed by atoms with Crippen LogP contribution in [-0.4, -0.2) is 9.78 Å². The van der Waals surface area contributed by atoms with Gasteiger partial charge >= 0.3 is 0 Å². The number of benzene rings is 2. The maximum Gasteiger partial charge on any atom is 0.279 e. The lowest BCUT2D eigenvalue weighted by atomic mass is 9.99. The van der Waals surface area contributed by atoms with Gasteiger partial charge in [-0.3, -0.25) is 9.89 Å². The summed E-state index contributed by atoms with van der Waals surface area (Å²) in [5, 5.41) is 3.31. The van der Waals surface area contributed by atoms with Gasteiger partial charge in [0, 0.05) is 5.69 Å². The maximum absolute atomic E-state index is 13.0. The van der Waals surface area contributed by atoms with Gasteiger partial charge in [0.25, 0.3) is 5.56 Å². The predicted octanol–water partition coefficient (Wildman–Crippen LogP) is 4.57. The second kappa shape index (κ2) is 5.92. The van der Waals surface area contributed by atoms with Crippen LogP contribution in [0.4, 0.5) is 0 Å². The first-order chi connectivity index (χ1) is 11.0. The summed E-state index contributed by atoms with van der Waals surface area (Å²) in [6.45, 7) is 8.28. The maximum atomic E-state index is 13.0. The van der Waals surface area contributed by atoms with E-state index >= 15 is 0 Å². The molecule has 3 nitrogen and oxygen atoms in total. The van der Waals surface area contributed by atoms with Crippen molar-refractivity contribution in [2.24, 2.45) is 0 Å². The van der Waals surface area contributed by atoms with Crippen molar-refractivity contribution in [1.82, 2.24) is 9.78 Å². The fourth-order valence-corrected chi connectivity index (χ4v) is 2.82. The van der Waals surface area contributed by atoms with E-state index < -0.39 is 0 Å². The van der Waals surface area contributed by atoms with Gasteiger partial charge in [0.2, 0.25) is 0 Å². The van der Waals surface area contributed by atoms with Crippen LogP contribution in [0.2, 0.25) is 0 Å². The Hall–Kier alpha value is -2.55. The minimum absolute atomic E-state index is 0.00292. The zero-order valence-electron chi connectivity index (χ0n) is 14.1. The van der Waals surface area contributed by atoms with Gasteiger partial charge in [0.1, 0.15) is 0 Å². The lowest BCUT2D eigenvalue weighted by Gasteiger charge is -2.06. The van der Waals surface area contributed by atoms with Crippen LogP contribution in [0.5, 0.6) is 0 Å². The number of hydrogen-bond acceptors (Lipinski definition) is 1. The Morgan fingerprint density at radius 2 is 1.65 bits per heavy atom. The summed E-state index contributed by atoms with van der Waals surface area (Å²) in [5.74, 6) is 0.241. The average molecular weight is 306 g/mol. The van der Waals surface area contributed by atoms with Crippen LogP contribution in [0.3, 0.4) is 0 Å². The first kappa shape index (κ1) is 15.3. The van der Waals surface area contributed by atoms with Crippen molar-refractivity contribution < 1.29 is 0 Å². The summed E-state index contributed by atoms with van der Waals surface area (Å²) in [6, 6.07) is 16.1. The summed E-state index contributed by atoms with van der Waals surface area (Å²) >= 11 is 0. The molecule has 0 atom stereocenters. The van der Waals surface area contributed by atoms with Crippen LogP contribution in [-0.2, 0) is 0 Å². The molecule has 2 aromatic carbocycles. The normalized spacial score (nSPS) is 11.2. The van der Waals surface area contributed by atoms with Crippen LogP contribution >= 0.6 is 0 Å². The zero-order chi connectivity index (χ0) is 16.6. The van der Waals surface area contributed by atoms with Gasteiger partial charge in [0.15, 0.2) is 0 Å². The van der Waals surface area contributed by atoms with Crippen molar-refractivity contribution in [3.63, 3.8) is 0 Å². The van der Waals surface area contributed by atoms with Gasteiger partial charge in [-0.05, 0) is 43.0 Å². The Kier molecular flexibility index (Phi) is 3.95. The van der Waals surface area contributed by atoms with Crippen molar-refractivity contribution in [2.75, 3.05) is 0 Å². The molecule has 23 heavy (non-hydrogen) atoms. The van der Waals surface area contributed by atoms with E-state index in [4.69, 9.17) is 0 Å². The van der Waals surface area contributed by atoms with E-state index in [1.54, 1.807) is 4.68 Å². The van der Waals surface area contributed by atoms with Gasteiger partial charge in [0.05, 0.1) is 11.3 Å². The lowest BCUT2D eigenvalue weighted by Crippen LogP contribution is -2.15. The molecule has 0 spiro atoms. The third-order valence-corrected chi connectivity index (χ3v) is 4.10. The molecule has 0 amide bonds. The molecule has 1 aromatic heterocycles. The molecule has 3 rings (SSSR count). The Balaban J connectivity index is 2.24. The molecule has 0 aliphatic rings. The highest BCUT2D eigenvalue weighted by Crippen LogP contribution is 2.26. The summed E-state index contributed by atoms with van der Waals surface area (Å²) in [4.78, 5) is 13.0. The summed E-state index contributed by atoms with van der Waals surface area (Å²) in [5.41, 5.74) is 5.90.